The number of β-amino-alcohol motifs (C(OH)–C–C–N with tert-alkyl or cyclic N) is 1. The molecule has 0 unspecified atom stereocenters. The van der Waals surface area contributed by atoms with Gasteiger partial charge in [0.1, 0.15) is 13.2 Å². The molecule has 2 aliphatic rings. The van der Waals surface area contributed by atoms with E-state index < -0.39 is 0 Å². The number of benzene rings is 1. The van der Waals surface area contributed by atoms with E-state index in [2.05, 4.69) is 15.1 Å². The molecule has 4 rings (SSSR count). The zero-order chi connectivity index (χ0) is 14.9. The number of aliphatic hydroxyl groups is 1. The van der Waals surface area contributed by atoms with Gasteiger partial charge >= 0.3 is 0 Å². The maximum atomic E-state index is 9.65. The first-order chi connectivity index (χ1) is 10.8. The fraction of sp³-hybridized carbons (Fsp3) is 0.438. The molecular formula is C16H19N3O3. The van der Waals surface area contributed by atoms with Gasteiger partial charge in [0.25, 0.3) is 0 Å². The topological polar surface area (TPSA) is 70.6 Å². The smallest absolute Gasteiger partial charge is 0.162 e. The molecule has 0 radical (unpaired) electrons. The minimum atomic E-state index is -0.204. The second kappa shape index (κ2) is 5.62. The third-order valence-corrected chi connectivity index (χ3v) is 4.19. The summed E-state index contributed by atoms with van der Waals surface area (Å²) in [4.78, 5) is 2.25. The van der Waals surface area contributed by atoms with Crippen molar-refractivity contribution in [3.8, 4) is 22.8 Å². The summed E-state index contributed by atoms with van der Waals surface area (Å²) >= 11 is 0. The van der Waals surface area contributed by atoms with Crippen molar-refractivity contribution in [3.05, 3.63) is 30.0 Å². The highest BCUT2D eigenvalue weighted by molar-refractivity contribution is 5.66. The Balaban J connectivity index is 1.59. The van der Waals surface area contributed by atoms with E-state index in [1.54, 1.807) is 0 Å². The Morgan fingerprint density at radius 1 is 1.27 bits per heavy atom. The number of rotatable bonds is 3. The number of H-pyrrole nitrogens is 1. The van der Waals surface area contributed by atoms with Crippen molar-refractivity contribution >= 4 is 0 Å². The van der Waals surface area contributed by atoms with Crippen molar-refractivity contribution in [1.29, 1.82) is 0 Å². The molecule has 1 saturated heterocycles. The lowest BCUT2D eigenvalue weighted by Crippen LogP contribution is -2.21. The van der Waals surface area contributed by atoms with Gasteiger partial charge in [0.15, 0.2) is 11.5 Å². The van der Waals surface area contributed by atoms with Crippen molar-refractivity contribution < 1.29 is 14.6 Å². The summed E-state index contributed by atoms with van der Waals surface area (Å²) in [5.74, 6) is 1.57. The zero-order valence-corrected chi connectivity index (χ0v) is 12.3. The second-order valence-corrected chi connectivity index (χ2v) is 5.81. The van der Waals surface area contributed by atoms with Crippen molar-refractivity contribution in [1.82, 2.24) is 15.1 Å². The van der Waals surface area contributed by atoms with Crippen LogP contribution >= 0.6 is 0 Å². The Labute approximate surface area is 128 Å². The molecule has 6 heteroatoms. The standard InChI is InChI=1S/C16H19N3O3/c20-13-3-4-19(10-13)9-12-8-17-18-16(12)11-1-2-14-15(7-11)22-6-5-21-14/h1-2,7-8,13,20H,3-6,9-10H2,(H,17,18)/t13-/m1/s1. The Hall–Kier alpha value is -2.05. The van der Waals surface area contributed by atoms with Crippen LogP contribution in [0.4, 0.5) is 0 Å². The highest BCUT2D eigenvalue weighted by Crippen LogP contribution is 2.35. The van der Waals surface area contributed by atoms with Crippen LogP contribution in [0.2, 0.25) is 0 Å². The average Bonchev–Trinajstić information content (AvgIpc) is 3.16. The van der Waals surface area contributed by atoms with Gasteiger partial charge < -0.3 is 14.6 Å². The summed E-state index contributed by atoms with van der Waals surface area (Å²) in [6.07, 6.45) is 2.50. The molecular weight excluding hydrogens is 282 g/mol. The van der Waals surface area contributed by atoms with Crippen LogP contribution in [-0.2, 0) is 6.54 Å². The number of likely N-dealkylation sites (tertiary alicyclic amines) is 1. The number of nitrogens with one attached hydrogen (secondary N) is 1. The summed E-state index contributed by atoms with van der Waals surface area (Å²) < 4.78 is 11.2. The molecule has 2 aliphatic heterocycles. The normalized spacial score (nSPS) is 21.2. The molecule has 1 aromatic heterocycles. The summed E-state index contributed by atoms with van der Waals surface area (Å²) in [6.45, 7) is 3.62. The minimum absolute atomic E-state index is 0.204. The molecule has 0 spiro atoms. The molecule has 0 aliphatic carbocycles. The molecule has 116 valence electrons. The van der Waals surface area contributed by atoms with Gasteiger partial charge in [0.2, 0.25) is 0 Å². The van der Waals surface area contributed by atoms with E-state index in [4.69, 9.17) is 9.47 Å². The van der Waals surface area contributed by atoms with Gasteiger partial charge in [-0.2, -0.15) is 5.10 Å². The Morgan fingerprint density at radius 3 is 2.95 bits per heavy atom. The van der Waals surface area contributed by atoms with Crippen LogP contribution in [0.3, 0.4) is 0 Å². The lowest BCUT2D eigenvalue weighted by Gasteiger charge is -2.19. The van der Waals surface area contributed by atoms with E-state index in [1.165, 1.54) is 0 Å². The molecule has 0 amide bonds. The SMILES string of the molecule is O[C@@H]1CCN(Cc2cn[nH]c2-c2ccc3c(c2)OCCO3)C1. The van der Waals surface area contributed by atoms with E-state index in [0.717, 1.165) is 54.4 Å². The lowest BCUT2D eigenvalue weighted by atomic mass is 10.1. The molecule has 6 nitrogen and oxygen atoms in total. The lowest BCUT2D eigenvalue weighted by molar-refractivity contribution is 0.171. The minimum Gasteiger partial charge on any atom is -0.486 e. The van der Waals surface area contributed by atoms with Crippen LogP contribution in [0.15, 0.2) is 24.4 Å². The number of aliphatic hydroxyl groups excluding tert-OH is 1. The van der Waals surface area contributed by atoms with Gasteiger partial charge in [-0.15, -0.1) is 0 Å². The van der Waals surface area contributed by atoms with E-state index in [0.29, 0.717) is 13.2 Å². The maximum absolute atomic E-state index is 9.65. The predicted molar refractivity (Wildman–Crippen MR) is 80.9 cm³/mol. The van der Waals surface area contributed by atoms with Gasteiger partial charge in [-0.25, -0.2) is 0 Å². The third kappa shape index (κ3) is 2.55. The van der Waals surface area contributed by atoms with Crippen LogP contribution in [0, 0.1) is 0 Å². The Kier molecular flexibility index (Phi) is 3.48. The van der Waals surface area contributed by atoms with E-state index >= 15 is 0 Å². The molecule has 22 heavy (non-hydrogen) atoms. The van der Waals surface area contributed by atoms with Gasteiger partial charge in [-0.3, -0.25) is 10.00 Å². The number of hydrogen-bond acceptors (Lipinski definition) is 5. The van der Waals surface area contributed by atoms with Crippen molar-refractivity contribution in [2.24, 2.45) is 0 Å². The van der Waals surface area contributed by atoms with E-state index in [9.17, 15) is 5.11 Å². The first-order valence-electron chi connectivity index (χ1n) is 7.62. The molecule has 1 aromatic carbocycles. The fourth-order valence-electron chi connectivity index (χ4n) is 3.08. The van der Waals surface area contributed by atoms with Gasteiger partial charge in [0.05, 0.1) is 18.0 Å². The highest BCUT2D eigenvalue weighted by Gasteiger charge is 2.22. The Morgan fingerprint density at radius 2 is 2.14 bits per heavy atom. The van der Waals surface area contributed by atoms with E-state index in [-0.39, 0.29) is 6.10 Å². The zero-order valence-electron chi connectivity index (χ0n) is 12.3. The largest absolute Gasteiger partial charge is 0.486 e. The molecule has 0 saturated carbocycles. The molecule has 1 atom stereocenters. The van der Waals surface area contributed by atoms with Crippen LogP contribution < -0.4 is 9.47 Å². The average molecular weight is 301 g/mol. The fourth-order valence-corrected chi connectivity index (χ4v) is 3.08. The number of hydrogen-bond donors (Lipinski definition) is 2. The van der Waals surface area contributed by atoms with Crippen LogP contribution in [0.25, 0.3) is 11.3 Å². The molecule has 2 aromatic rings. The molecule has 3 heterocycles. The van der Waals surface area contributed by atoms with Crippen LogP contribution in [0.1, 0.15) is 12.0 Å². The molecule has 1 fully saturated rings. The third-order valence-electron chi connectivity index (χ3n) is 4.19. The highest BCUT2D eigenvalue weighted by atomic mass is 16.6. The monoisotopic (exact) mass is 301 g/mol. The molecule has 0 bridgehead atoms. The number of ether oxygens (including phenoxy) is 2. The maximum Gasteiger partial charge on any atom is 0.162 e. The number of aromatic amines is 1. The number of nitrogens with zero attached hydrogens (tertiary/aromatic N) is 2. The predicted octanol–water partition coefficient (Wildman–Crippen LogP) is 1.41. The van der Waals surface area contributed by atoms with Crippen molar-refractivity contribution in [3.63, 3.8) is 0 Å². The molecule has 2 N–H and O–H groups in total. The van der Waals surface area contributed by atoms with Crippen molar-refractivity contribution in [2.45, 2.75) is 19.1 Å². The van der Waals surface area contributed by atoms with Crippen LogP contribution in [-0.4, -0.2) is 52.6 Å². The van der Waals surface area contributed by atoms with Crippen molar-refractivity contribution in [2.75, 3.05) is 26.3 Å². The quantitative estimate of drug-likeness (QED) is 0.897. The summed E-state index contributed by atoms with van der Waals surface area (Å²) in [5, 5.41) is 16.9. The summed E-state index contributed by atoms with van der Waals surface area (Å²) in [5.41, 5.74) is 3.17. The summed E-state index contributed by atoms with van der Waals surface area (Å²) in [7, 11) is 0. The summed E-state index contributed by atoms with van der Waals surface area (Å²) in [6, 6.07) is 5.95. The number of fused-ring (bicyclic) bond motifs is 1. The van der Waals surface area contributed by atoms with E-state index in [1.807, 2.05) is 24.4 Å². The second-order valence-electron chi connectivity index (χ2n) is 5.81. The van der Waals surface area contributed by atoms with Gasteiger partial charge in [-0.1, -0.05) is 0 Å². The Bertz CT molecular complexity index is 670. The first-order valence-corrected chi connectivity index (χ1v) is 7.62. The van der Waals surface area contributed by atoms with Gasteiger partial charge in [0, 0.05) is 30.8 Å². The van der Waals surface area contributed by atoms with Gasteiger partial charge in [-0.05, 0) is 24.6 Å². The first kappa shape index (κ1) is 13.6. The van der Waals surface area contributed by atoms with Crippen LogP contribution in [0.5, 0.6) is 11.5 Å². The number of aromatic nitrogens is 2.